The Hall–Kier alpha value is -1.55. The monoisotopic (exact) mass is 327 g/mol. The first-order valence-electron chi connectivity index (χ1n) is 9.55. The molecule has 2 atom stereocenters. The van der Waals surface area contributed by atoms with Gasteiger partial charge >= 0.3 is 6.03 Å². The molecule has 0 spiro atoms. The molecule has 2 saturated heterocycles. The molecular formula is C20H29N3O. The van der Waals surface area contributed by atoms with Crippen LogP contribution in [0.15, 0.2) is 24.3 Å². The van der Waals surface area contributed by atoms with Crippen LogP contribution in [0.4, 0.5) is 4.79 Å². The highest BCUT2D eigenvalue weighted by atomic mass is 16.2. The topological polar surface area (TPSA) is 35.6 Å². The first-order valence-corrected chi connectivity index (χ1v) is 9.55. The van der Waals surface area contributed by atoms with Crippen LogP contribution >= 0.6 is 0 Å². The highest BCUT2D eigenvalue weighted by molar-refractivity contribution is 5.74. The first-order chi connectivity index (χ1) is 11.7. The summed E-state index contributed by atoms with van der Waals surface area (Å²) in [6.45, 7) is 1.67. The van der Waals surface area contributed by atoms with Crippen LogP contribution in [-0.4, -0.2) is 54.1 Å². The fourth-order valence-corrected chi connectivity index (χ4v) is 4.87. The average molecular weight is 327 g/mol. The van der Waals surface area contributed by atoms with Gasteiger partial charge in [0.25, 0.3) is 0 Å². The largest absolute Gasteiger partial charge is 0.335 e. The van der Waals surface area contributed by atoms with Crippen LogP contribution in [-0.2, 0) is 12.8 Å². The molecule has 4 rings (SSSR count). The van der Waals surface area contributed by atoms with Gasteiger partial charge in [-0.15, -0.1) is 0 Å². The summed E-state index contributed by atoms with van der Waals surface area (Å²) in [6.07, 6.45) is 8.12. The lowest BCUT2D eigenvalue weighted by Crippen LogP contribution is -2.57. The number of carbonyl (C=O) groups excluding carboxylic acids is 1. The third-order valence-electron chi connectivity index (χ3n) is 6.38. The van der Waals surface area contributed by atoms with Crippen molar-refractivity contribution in [3.8, 4) is 0 Å². The zero-order chi connectivity index (χ0) is 16.5. The molecule has 2 bridgehead atoms. The summed E-state index contributed by atoms with van der Waals surface area (Å²) in [5.41, 5.74) is 2.81. The van der Waals surface area contributed by atoms with E-state index in [1.165, 1.54) is 30.4 Å². The van der Waals surface area contributed by atoms with Crippen LogP contribution in [0.25, 0.3) is 0 Å². The molecule has 0 aromatic heterocycles. The lowest BCUT2D eigenvalue weighted by atomic mass is 9.82. The minimum absolute atomic E-state index is 0.149. The van der Waals surface area contributed by atoms with Crippen molar-refractivity contribution in [2.24, 2.45) is 0 Å². The number of benzene rings is 1. The molecule has 1 N–H and O–H groups in total. The van der Waals surface area contributed by atoms with Gasteiger partial charge in [0.1, 0.15) is 0 Å². The van der Waals surface area contributed by atoms with Gasteiger partial charge in [0, 0.05) is 31.2 Å². The van der Waals surface area contributed by atoms with Gasteiger partial charge in [-0.05, 0) is 56.7 Å². The highest BCUT2D eigenvalue weighted by Crippen LogP contribution is 2.32. The molecule has 0 aliphatic carbocycles. The van der Waals surface area contributed by atoms with Crippen molar-refractivity contribution < 1.29 is 4.79 Å². The zero-order valence-corrected chi connectivity index (χ0v) is 14.7. The molecule has 4 heteroatoms. The second-order valence-electron chi connectivity index (χ2n) is 7.78. The Bertz CT molecular complexity index is 561. The predicted octanol–water partition coefficient (Wildman–Crippen LogP) is 2.81. The summed E-state index contributed by atoms with van der Waals surface area (Å²) < 4.78 is 0. The van der Waals surface area contributed by atoms with E-state index in [4.69, 9.17) is 0 Å². The fourth-order valence-electron chi connectivity index (χ4n) is 4.87. The predicted molar refractivity (Wildman–Crippen MR) is 96.2 cm³/mol. The summed E-state index contributed by atoms with van der Waals surface area (Å²) in [5.74, 6) is 0. The number of urea groups is 1. The van der Waals surface area contributed by atoms with E-state index in [0.717, 1.165) is 38.8 Å². The van der Waals surface area contributed by atoms with E-state index in [1.54, 1.807) is 0 Å². The van der Waals surface area contributed by atoms with Crippen molar-refractivity contribution in [2.45, 2.75) is 63.1 Å². The van der Waals surface area contributed by atoms with Crippen molar-refractivity contribution in [3.63, 3.8) is 0 Å². The Morgan fingerprint density at radius 2 is 1.62 bits per heavy atom. The molecule has 2 amide bonds. The maximum Gasteiger partial charge on any atom is 0.317 e. The van der Waals surface area contributed by atoms with Gasteiger partial charge in [-0.1, -0.05) is 30.7 Å². The van der Waals surface area contributed by atoms with Crippen molar-refractivity contribution in [2.75, 3.05) is 20.1 Å². The maximum absolute atomic E-state index is 12.8. The summed E-state index contributed by atoms with van der Waals surface area (Å²) in [4.78, 5) is 17.3. The van der Waals surface area contributed by atoms with Gasteiger partial charge in [0.05, 0.1) is 0 Å². The van der Waals surface area contributed by atoms with E-state index in [-0.39, 0.29) is 6.03 Å². The minimum atomic E-state index is 0.149. The molecule has 0 saturated carbocycles. The normalized spacial score (nSPS) is 30.4. The third-order valence-corrected chi connectivity index (χ3v) is 6.38. The van der Waals surface area contributed by atoms with E-state index in [1.807, 2.05) is 4.90 Å². The third kappa shape index (κ3) is 3.16. The smallest absolute Gasteiger partial charge is 0.317 e. The lowest BCUT2D eigenvalue weighted by Gasteiger charge is -2.47. The minimum Gasteiger partial charge on any atom is -0.335 e. The molecule has 24 heavy (non-hydrogen) atoms. The molecule has 3 heterocycles. The Balaban J connectivity index is 1.35. The summed E-state index contributed by atoms with van der Waals surface area (Å²) in [7, 11) is 2.26. The Morgan fingerprint density at radius 1 is 1.04 bits per heavy atom. The van der Waals surface area contributed by atoms with Crippen LogP contribution in [0.2, 0.25) is 0 Å². The average Bonchev–Trinajstić information content (AvgIpc) is 2.78. The summed E-state index contributed by atoms with van der Waals surface area (Å²) in [5, 5.41) is 3.35. The Labute approximate surface area is 145 Å². The van der Waals surface area contributed by atoms with Crippen LogP contribution in [0.5, 0.6) is 0 Å². The molecule has 2 unspecified atom stereocenters. The number of hydrogen-bond donors (Lipinski definition) is 1. The number of nitrogens with zero attached hydrogens (tertiary/aromatic N) is 2. The number of hydrogen-bond acceptors (Lipinski definition) is 2. The molecule has 1 aromatic carbocycles. The molecule has 130 valence electrons. The number of piperidine rings is 2. The Kier molecular flexibility index (Phi) is 4.49. The van der Waals surface area contributed by atoms with Crippen molar-refractivity contribution >= 4 is 6.03 Å². The summed E-state index contributed by atoms with van der Waals surface area (Å²) in [6, 6.07) is 10.4. The molecule has 4 nitrogen and oxygen atoms in total. The van der Waals surface area contributed by atoms with Gasteiger partial charge in [-0.3, -0.25) is 0 Å². The van der Waals surface area contributed by atoms with Crippen LogP contribution in [0, 0.1) is 0 Å². The zero-order valence-electron chi connectivity index (χ0n) is 14.7. The van der Waals surface area contributed by atoms with Crippen molar-refractivity contribution in [1.29, 1.82) is 0 Å². The second-order valence-corrected chi connectivity index (χ2v) is 7.78. The first kappa shape index (κ1) is 15.9. The number of nitrogens with one attached hydrogen (secondary N) is 1. The van der Waals surface area contributed by atoms with Crippen molar-refractivity contribution in [3.05, 3.63) is 35.4 Å². The fraction of sp³-hybridized carbons (Fsp3) is 0.650. The molecular weight excluding hydrogens is 298 g/mol. The number of carbonyl (C=O) groups is 1. The van der Waals surface area contributed by atoms with Gasteiger partial charge in [0.2, 0.25) is 0 Å². The number of fused-ring (bicyclic) bond motifs is 3. The molecule has 2 fully saturated rings. The van der Waals surface area contributed by atoms with Gasteiger partial charge in [-0.2, -0.15) is 0 Å². The van der Waals surface area contributed by atoms with Crippen molar-refractivity contribution in [1.82, 2.24) is 15.1 Å². The SMILES string of the molecule is CN1C2CCCC1CC(NC(=O)N1CCc3ccccc3CC1)C2. The van der Waals surface area contributed by atoms with Gasteiger partial charge < -0.3 is 15.1 Å². The molecule has 0 radical (unpaired) electrons. The van der Waals surface area contributed by atoms with E-state index >= 15 is 0 Å². The molecule has 3 aliphatic heterocycles. The standard InChI is InChI=1S/C20H29N3O/c1-22-18-7-4-8-19(22)14-17(13-18)21-20(24)23-11-9-15-5-2-3-6-16(15)10-12-23/h2-3,5-6,17-19H,4,7-14H2,1H3,(H,21,24). The van der Waals surface area contributed by atoms with E-state index < -0.39 is 0 Å². The van der Waals surface area contributed by atoms with E-state index in [2.05, 4.69) is 41.5 Å². The lowest BCUT2D eigenvalue weighted by molar-refractivity contribution is 0.0495. The molecule has 1 aromatic rings. The second kappa shape index (κ2) is 6.75. The number of amides is 2. The number of rotatable bonds is 1. The molecule has 3 aliphatic rings. The van der Waals surface area contributed by atoms with Crippen LogP contribution < -0.4 is 5.32 Å². The Morgan fingerprint density at radius 3 is 2.21 bits per heavy atom. The van der Waals surface area contributed by atoms with E-state index in [0.29, 0.717) is 18.1 Å². The maximum atomic E-state index is 12.8. The summed E-state index contributed by atoms with van der Waals surface area (Å²) >= 11 is 0. The van der Waals surface area contributed by atoms with E-state index in [9.17, 15) is 4.79 Å². The van der Waals surface area contributed by atoms with Crippen LogP contribution in [0.1, 0.15) is 43.2 Å². The van der Waals surface area contributed by atoms with Crippen LogP contribution in [0.3, 0.4) is 0 Å². The van der Waals surface area contributed by atoms with Gasteiger partial charge in [-0.25, -0.2) is 4.79 Å². The van der Waals surface area contributed by atoms with Gasteiger partial charge in [0.15, 0.2) is 0 Å². The quantitative estimate of drug-likeness (QED) is 0.861. The highest BCUT2D eigenvalue weighted by Gasteiger charge is 2.36.